The average Bonchev–Trinajstić information content (AvgIpc) is 3.42. The van der Waals surface area contributed by atoms with Gasteiger partial charge in [0, 0.05) is 42.0 Å². The van der Waals surface area contributed by atoms with E-state index in [1.165, 1.54) is 11.4 Å². The van der Waals surface area contributed by atoms with Gasteiger partial charge in [0.05, 0.1) is 17.8 Å². The van der Waals surface area contributed by atoms with Crippen molar-refractivity contribution in [3.8, 4) is 5.69 Å². The lowest BCUT2D eigenvalue weighted by molar-refractivity contribution is 0.307. The molecule has 1 fully saturated rings. The first kappa shape index (κ1) is 22.2. The van der Waals surface area contributed by atoms with Crippen molar-refractivity contribution in [2.24, 2.45) is 0 Å². The normalized spacial score (nSPS) is 17.6. The smallest absolute Gasteiger partial charge is 0.170 e. The summed E-state index contributed by atoms with van der Waals surface area (Å²) in [7, 11) is 0. The highest BCUT2D eigenvalue weighted by molar-refractivity contribution is 7.80. The van der Waals surface area contributed by atoms with Gasteiger partial charge in [-0.25, -0.2) is 0 Å². The number of hydrogen-bond donors (Lipinski definition) is 2. The first-order chi connectivity index (χ1) is 16.7. The largest absolute Gasteiger partial charge is 0.385 e. The zero-order valence-electron chi connectivity index (χ0n) is 19.3. The number of aromatic nitrogens is 2. The van der Waals surface area contributed by atoms with Crippen LogP contribution in [0.5, 0.6) is 0 Å². The Morgan fingerprint density at radius 2 is 1.65 bits per heavy atom. The number of nitrogens with one attached hydrogen (secondary N) is 2. The highest BCUT2D eigenvalue weighted by atomic mass is 32.1. The molecule has 6 heteroatoms. The van der Waals surface area contributed by atoms with Gasteiger partial charge in [0.2, 0.25) is 0 Å². The monoisotopic (exact) mass is 467 g/mol. The molecule has 2 aromatic carbocycles. The Bertz CT molecular complexity index is 1220. The maximum absolute atomic E-state index is 5.86. The SMILES string of the molecule is Cc1ccc([C@@H]2[C@H](c3ccccn3)NC(=S)N2CCCNc2ccccc2)n1-c1ccccc1. The topological polar surface area (TPSA) is 45.1 Å². The molecule has 34 heavy (non-hydrogen) atoms. The maximum atomic E-state index is 5.86. The average molecular weight is 468 g/mol. The Labute approximate surface area is 206 Å². The van der Waals surface area contributed by atoms with Gasteiger partial charge in [-0.3, -0.25) is 4.98 Å². The van der Waals surface area contributed by atoms with Crippen LogP contribution in [0.1, 0.15) is 35.6 Å². The molecule has 2 N–H and O–H groups in total. The number of nitrogens with zero attached hydrogens (tertiary/aromatic N) is 3. The van der Waals surface area contributed by atoms with E-state index >= 15 is 0 Å². The third-order valence-electron chi connectivity index (χ3n) is 6.30. The van der Waals surface area contributed by atoms with E-state index < -0.39 is 0 Å². The summed E-state index contributed by atoms with van der Waals surface area (Å²) in [6.45, 7) is 3.88. The van der Waals surface area contributed by atoms with Gasteiger partial charge in [0.15, 0.2) is 5.11 Å². The molecule has 0 saturated carbocycles. The van der Waals surface area contributed by atoms with Crippen molar-refractivity contribution in [1.29, 1.82) is 0 Å². The quantitative estimate of drug-likeness (QED) is 0.259. The van der Waals surface area contributed by atoms with Crippen molar-refractivity contribution in [2.75, 3.05) is 18.4 Å². The fourth-order valence-corrected chi connectivity index (χ4v) is 5.06. The molecular weight excluding hydrogens is 438 g/mol. The van der Waals surface area contributed by atoms with Crippen LogP contribution in [-0.2, 0) is 0 Å². The van der Waals surface area contributed by atoms with Crippen LogP contribution in [0.25, 0.3) is 5.69 Å². The fraction of sp³-hybridized carbons (Fsp3) is 0.214. The minimum atomic E-state index is -0.0208. The minimum absolute atomic E-state index is 0.0208. The summed E-state index contributed by atoms with van der Waals surface area (Å²) in [6, 6.07) is 31.4. The van der Waals surface area contributed by atoms with E-state index in [9.17, 15) is 0 Å². The van der Waals surface area contributed by atoms with Crippen LogP contribution in [0.4, 0.5) is 5.69 Å². The summed E-state index contributed by atoms with van der Waals surface area (Å²) in [4.78, 5) is 7.01. The van der Waals surface area contributed by atoms with Gasteiger partial charge in [-0.05, 0) is 74.1 Å². The van der Waals surface area contributed by atoms with Gasteiger partial charge < -0.3 is 20.1 Å². The summed E-state index contributed by atoms with van der Waals surface area (Å²) < 4.78 is 2.34. The van der Waals surface area contributed by atoms with Crippen molar-refractivity contribution in [1.82, 2.24) is 19.8 Å². The van der Waals surface area contributed by atoms with Gasteiger partial charge >= 0.3 is 0 Å². The number of hydrogen-bond acceptors (Lipinski definition) is 3. The molecule has 5 rings (SSSR count). The lowest BCUT2D eigenvalue weighted by atomic mass is 10.0. The third kappa shape index (κ3) is 4.54. The Balaban J connectivity index is 1.45. The molecule has 4 aromatic rings. The zero-order chi connectivity index (χ0) is 23.3. The van der Waals surface area contributed by atoms with Crippen LogP contribution in [0.3, 0.4) is 0 Å². The first-order valence-electron chi connectivity index (χ1n) is 11.7. The standard InChI is InChI=1S/C28H29N5S/c1-21-16-17-25(33(21)23-13-6-3-7-14-23)27-26(24-15-8-9-18-30-24)31-28(34)32(27)20-10-19-29-22-11-4-2-5-12-22/h2-9,11-18,26-27,29H,10,19-20H2,1H3,(H,31,34)/t26-,27+/m0/s1. The van der Waals surface area contributed by atoms with Crippen molar-refractivity contribution in [2.45, 2.75) is 25.4 Å². The van der Waals surface area contributed by atoms with Crippen LogP contribution in [0.15, 0.2) is 97.2 Å². The molecule has 0 spiro atoms. The van der Waals surface area contributed by atoms with Crippen LogP contribution in [-0.4, -0.2) is 32.7 Å². The summed E-state index contributed by atoms with van der Waals surface area (Å²) in [5.74, 6) is 0. The Morgan fingerprint density at radius 1 is 0.912 bits per heavy atom. The van der Waals surface area contributed by atoms with Gasteiger partial charge in [-0.15, -0.1) is 0 Å². The molecule has 0 unspecified atom stereocenters. The molecule has 1 aliphatic heterocycles. The second-order valence-electron chi connectivity index (χ2n) is 8.54. The van der Waals surface area contributed by atoms with Gasteiger partial charge in [0.25, 0.3) is 0 Å². The molecule has 0 aliphatic carbocycles. The molecule has 3 heterocycles. The van der Waals surface area contributed by atoms with Crippen LogP contribution in [0, 0.1) is 6.92 Å². The number of rotatable bonds is 8. The molecule has 1 aliphatic rings. The predicted octanol–water partition coefficient (Wildman–Crippen LogP) is 5.66. The van der Waals surface area contributed by atoms with E-state index in [0.29, 0.717) is 0 Å². The van der Waals surface area contributed by atoms with Gasteiger partial charge in [-0.1, -0.05) is 42.5 Å². The van der Waals surface area contributed by atoms with E-state index in [2.05, 4.69) is 105 Å². The van der Waals surface area contributed by atoms with E-state index in [1.807, 2.05) is 24.4 Å². The number of pyridine rings is 1. The number of aryl methyl sites for hydroxylation is 1. The number of benzene rings is 2. The molecule has 5 nitrogen and oxygen atoms in total. The van der Waals surface area contributed by atoms with Crippen molar-refractivity contribution in [3.05, 3.63) is 114 Å². The van der Waals surface area contributed by atoms with Crippen LogP contribution >= 0.6 is 12.2 Å². The Hall–Kier alpha value is -3.64. The number of para-hydroxylation sites is 2. The summed E-state index contributed by atoms with van der Waals surface area (Å²) in [5, 5.41) is 7.87. The maximum Gasteiger partial charge on any atom is 0.170 e. The third-order valence-corrected chi connectivity index (χ3v) is 6.65. The molecule has 1 saturated heterocycles. The molecular formula is C28H29N5S. The molecule has 2 atom stereocenters. The highest BCUT2D eigenvalue weighted by Crippen LogP contribution is 2.40. The van der Waals surface area contributed by atoms with Crippen molar-refractivity contribution in [3.63, 3.8) is 0 Å². The Kier molecular flexibility index (Phi) is 6.58. The summed E-state index contributed by atoms with van der Waals surface area (Å²) in [5.41, 5.74) is 5.70. The number of thiocarbonyl (C=S) groups is 1. The second kappa shape index (κ2) is 10.1. The van der Waals surface area contributed by atoms with Crippen molar-refractivity contribution < 1.29 is 0 Å². The zero-order valence-corrected chi connectivity index (χ0v) is 20.1. The fourth-order valence-electron chi connectivity index (χ4n) is 4.73. The lowest BCUT2D eigenvalue weighted by Gasteiger charge is -2.29. The summed E-state index contributed by atoms with van der Waals surface area (Å²) >= 11 is 5.86. The van der Waals surface area contributed by atoms with E-state index in [1.54, 1.807) is 0 Å². The molecule has 0 radical (unpaired) electrons. The molecule has 2 aromatic heterocycles. The minimum Gasteiger partial charge on any atom is -0.385 e. The van der Waals surface area contributed by atoms with Gasteiger partial charge in [0.1, 0.15) is 0 Å². The second-order valence-corrected chi connectivity index (χ2v) is 8.92. The predicted molar refractivity (Wildman–Crippen MR) is 142 cm³/mol. The van der Waals surface area contributed by atoms with Crippen molar-refractivity contribution >= 4 is 23.0 Å². The first-order valence-corrected chi connectivity index (χ1v) is 12.1. The van der Waals surface area contributed by atoms with E-state index in [4.69, 9.17) is 12.2 Å². The Morgan fingerprint density at radius 3 is 2.38 bits per heavy atom. The van der Waals surface area contributed by atoms with Crippen LogP contribution < -0.4 is 10.6 Å². The number of anilines is 1. The highest BCUT2D eigenvalue weighted by Gasteiger charge is 2.41. The van der Waals surface area contributed by atoms with Crippen LogP contribution in [0.2, 0.25) is 0 Å². The van der Waals surface area contributed by atoms with E-state index in [0.717, 1.165) is 41.7 Å². The molecule has 0 bridgehead atoms. The molecule has 172 valence electrons. The molecule has 0 amide bonds. The van der Waals surface area contributed by atoms with Gasteiger partial charge in [-0.2, -0.15) is 0 Å². The van der Waals surface area contributed by atoms with E-state index in [-0.39, 0.29) is 12.1 Å². The summed E-state index contributed by atoms with van der Waals surface area (Å²) in [6.07, 6.45) is 2.82. The lowest BCUT2D eigenvalue weighted by Crippen LogP contribution is -2.32.